The van der Waals surface area contributed by atoms with Crippen molar-refractivity contribution in [1.29, 1.82) is 0 Å². The molecular weight excluding hydrogens is 280 g/mol. The first-order valence-electron chi connectivity index (χ1n) is 8.57. The fourth-order valence-electron chi connectivity index (χ4n) is 3.98. The van der Waals surface area contributed by atoms with E-state index in [4.69, 9.17) is 0 Å². The van der Waals surface area contributed by atoms with Crippen LogP contribution in [0.4, 0.5) is 0 Å². The Morgan fingerprint density at radius 3 is 2.78 bits per heavy atom. The van der Waals surface area contributed by atoms with Crippen molar-refractivity contribution >= 4 is 10.9 Å². The third-order valence-corrected chi connectivity index (χ3v) is 5.14. The zero-order valence-electron chi connectivity index (χ0n) is 14.0. The van der Waals surface area contributed by atoms with Gasteiger partial charge in [0.25, 0.3) is 0 Å². The molecule has 2 aromatic carbocycles. The maximum atomic E-state index is 3.72. The molecule has 1 aliphatic carbocycles. The molecule has 0 spiro atoms. The van der Waals surface area contributed by atoms with Gasteiger partial charge < -0.3 is 4.98 Å². The highest BCUT2D eigenvalue weighted by Crippen LogP contribution is 2.38. The molecule has 2 heteroatoms. The van der Waals surface area contributed by atoms with Crippen molar-refractivity contribution in [3.8, 4) is 0 Å². The largest absolute Gasteiger partial charge is 0.357 e. The number of fused-ring (bicyclic) bond motifs is 3. The van der Waals surface area contributed by atoms with Crippen LogP contribution in [0.25, 0.3) is 10.9 Å². The van der Waals surface area contributed by atoms with E-state index in [0.29, 0.717) is 6.04 Å². The Labute approximate surface area is 138 Å². The standard InChI is InChI=1S/C21H24N2/c1-15-11-12-19-18(13-15)17-9-6-10-20(21(17)22-19)23(2)14-16-7-4-3-5-8-16/h3-5,7-8,11-13,20,22H,6,9-10,14H2,1-2H3. The predicted octanol–water partition coefficient (Wildman–Crippen LogP) is 4.99. The summed E-state index contributed by atoms with van der Waals surface area (Å²) in [5.41, 5.74) is 7.00. The average Bonchev–Trinajstić information content (AvgIpc) is 2.93. The molecule has 118 valence electrons. The van der Waals surface area contributed by atoms with Crippen LogP contribution in [0.2, 0.25) is 0 Å². The van der Waals surface area contributed by atoms with Gasteiger partial charge in [-0.1, -0.05) is 42.0 Å². The van der Waals surface area contributed by atoms with E-state index in [9.17, 15) is 0 Å². The van der Waals surface area contributed by atoms with Crippen LogP contribution in [0.15, 0.2) is 48.5 Å². The summed E-state index contributed by atoms with van der Waals surface area (Å²) >= 11 is 0. The normalized spacial score (nSPS) is 17.6. The number of H-pyrrole nitrogens is 1. The molecule has 0 fully saturated rings. The highest BCUT2D eigenvalue weighted by atomic mass is 15.1. The summed E-state index contributed by atoms with van der Waals surface area (Å²) in [6.45, 7) is 3.18. The molecule has 2 nitrogen and oxygen atoms in total. The third kappa shape index (κ3) is 2.68. The Morgan fingerprint density at radius 1 is 1.13 bits per heavy atom. The van der Waals surface area contributed by atoms with Crippen molar-refractivity contribution in [2.45, 2.75) is 38.8 Å². The number of hydrogen-bond acceptors (Lipinski definition) is 1. The molecule has 1 unspecified atom stereocenters. The van der Waals surface area contributed by atoms with Gasteiger partial charge in [0.15, 0.2) is 0 Å². The Kier molecular flexibility index (Phi) is 3.70. The first kappa shape index (κ1) is 14.5. The second kappa shape index (κ2) is 5.86. The second-order valence-electron chi connectivity index (χ2n) is 6.88. The summed E-state index contributed by atoms with van der Waals surface area (Å²) in [4.78, 5) is 6.21. The molecule has 1 atom stereocenters. The van der Waals surface area contributed by atoms with Gasteiger partial charge >= 0.3 is 0 Å². The fraction of sp³-hybridized carbons (Fsp3) is 0.333. The SMILES string of the molecule is Cc1ccc2[nH]c3c(c2c1)CCCC3N(C)Cc1ccccc1. The van der Waals surface area contributed by atoms with Crippen molar-refractivity contribution in [3.05, 3.63) is 70.9 Å². The number of aromatic nitrogens is 1. The van der Waals surface area contributed by atoms with Crippen LogP contribution in [-0.4, -0.2) is 16.9 Å². The van der Waals surface area contributed by atoms with E-state index in [2.05, 4.69) is 72.4 Å². The van der Waals surface area contributed by atoms with Gasteiger partial charge in [0.2, 0.25) is 0 Å². The lowest BCUT2D eigenvalue weighted by Gasteiger charge is -2.31. The number of benzene rings is 2. The molecule has 1 aliphatic rings. The van der Waals surface area contributed by atoms with Crippen molar-refractivity contribution in [3.63, 3.8) is 0 Å². The number of hydrogen-bond donors (Lipinski definition) is 1. The van der Waals surface area contributed by atoms with Crippen LogP contribution in [0.3, 0.4) is 0 Å². The molecule has 1 heterocycles. The summed E-state index contributed by atoms with van der Waals surface area (Å²) < 4.78 is 0. The Morgan fingerprint density at radius 2 is 1.96 bits per heavy atom. The first-order valence-corrected chi connectivity index (χ1v) is 8.57. The maximum absolute atomic E-state index is 3.72. The minimum atomic E-state index is 0.492. The van der Waals surface area contributed by atoms with Crippen LogP contribution < -0.4 is 0 Å². The summed E-state index contributed by atoms with van der Waals surface area (Å²) in [6, 6.07) is 18.0. The van der Waals surface area contributed by atoms with E-state index in [1.807, 2.05) is 0 Å². The van der Waals surface area contributed by atoms with Gasteiger partial charge in [-0.3, -0.25) is 4.90 Å². The van der Waals surface area contributed by atoms with Gasteiger partial charge in [-0.15, -0.1) is 0 Å². The molecule has 3 aromatic rings. The highest BCUT2D eigenvalue weighted by Gasteiger charge is 2.27. The Bertz CT molecular complexity index is 816. The quantitative estimate of drug-likeness (QED) is 0.722. The minimum Gasteiger partial charge on any atom is -0.357 e. The second-order valence-corrected chi connectivity index (χ2v) is 6.88. The van der Waals surface area contributed by atoms with Gasteiger partial charge in [-0.2, -0.15) is 0 Å². The van der Waals surface area contributed by atoms with E-state index in [0.717, 1.165) is 6.54 Å². The molecule has 1 aromatic heterocycles. The number of rotatable bonds is 3. The number of aryl methyl sites for hydroxylation is 2. The molecule has 0 aliphatic heterocycles. The molecule has 0 radical (unpaired) electrons. The summed E-state index contributed by atoms with van der Waals surface area (Å²) in [7, 11) is 2.25. The van der Waals surface area contributed by atoms with E-state index >= 15 is 0 Å². The lowest BCUT2D eigenvalue weighted by molar-refractivity contribution is 0.210. The van der Waals surface area contributed by atoms with Crippen molar-refractivity contribution in [2.75, 3.05) is 7.05 Å². The van der Waals surface area contributed by atoms with E-state index in [-0.39, 0.29) is 0 Å². The maximum Gasteiger partial charge on any atom is 0.0502 e. The number of nitrogens with one attached hydrogen (secondary N) is 1. The highest BCUT2D eigenvalue weighted by molar-refractivity contribution is 5.85. The molecule has 0 amide bonds. The smallest absolute Gasteiger partial charge is 0.0502 e. The predicted molar refractivity (Wildman–Crippen MR) is 96.6 cm³/mol. The lowest BCUT2D eigenvalue weighted by atomic mass is 9.90. The van der Waals surface area contributed by atoms with Crippen molar-refractivity contribution in [1.82, 2.24) is 9.88 Å². The minimum absolute atomic E-state index is 0.492. The van der Waals surface area contributed by atoms with Gasteiger partial charge in [0.05, 0.1) is 6.04 Å². The summed E-state index contributed by atoms with van der Waals surface area (Å²) in [5, 5.41) is 1.43. The topological polar surface area (TPSA) is 19.0 Å². The third-order valence-electron chi connectivity index (χ3n) is 5.14. The molecule has 4 rings (SSSR count). The van der Waals surface area contributed by atoms with Gasteiger partial charge in [-0.05, 0) is 56.5 Å². The monoisotopic (exact) mass is 304 g/mol. The van der Waals surface area contributed by atoms with E-state index < -0.39 is 0 Å². The van der Waals surface area contributed by atoms with Crippen LogP contribution in [0.1, 0.15) is 41.3 Å². The molecule has 0 saturated heterocycles. The average molecular weight is 304 g/mol. The molecule has 0 bridgehead atoms. The van der Waals surface area contributed by atoms with E-state index in [1.54, 1.807) is 5.56 Å². The van der Waals surface area contributed by atoms with Crippen molar-refractivity contribution < 1.29 is 0 Å². The zero-order chi connectivity index (χ0) is 15.8. The van der Waals surface area contributed by atoms with Gasteiger partial charge in [0.1, 0.15) is 0 Å². The molecule has 0 saturated carbocycles. The summed E-state index contributed by atoms with van der Waals surface area (Å²) in [5.74, 6) is 0. The molecule has 1 N–H and O–H groups in total. The van der Waals surface area contributed by atoms with Crippen molar-refractivity contribution in [2.24, 2.45) is 0 Å². The first-order chi connectivity index (χ1) is 11.2. The fourth-order valence-corrected chi connectivity index (χ4v) is 3.98. The molecular formula is C21H24N2. The lowest BCUT2D eigenvalue weighted by Crippen LogP contribution is -2.27. The van der Waals surface area contributed by atoms with Crippen LogP contribution >= 0.6 is 0 Å². The van der Waals surface area contributed by atoms with Gasteiger partial charge in [-0.25, -0.2) is 0 Å². The number of nitrogens with zero attached hydrogens (tertiary/aromatic N) is 1. The Hall–Kier alpha value is -2.06. The van der Waals surface area contributed by atoms with Crippen LogP contribution in [-0.2, 0) is 13.0 Å². The Balaban J connectivity index is 1.68. The molecule has 23 heavy (non-hydrogen) atoms. The van der Waals surface area contributed by atoms with Gasteiger partial charge in [0, 0.05) is 23.1 Å². The zero-order valence-corrected chi connectivity index (χ0v) is 14.0. The summed E-state index contributed by atoms with van der Waals surface area (Å²) in [6.07, 6.45) is 3.72. The number of aromatic amines is 1. The van der Waals surface area contributed by atoms with E-state index in [1.165, 1.54) is 47.0 Å². The van der Waals surface area contributed by atoms with Crippen LogP contribution in [0.5, 0.6) is 0 Å². The van der Waals surface area contributed by atoms with Crippen LogP contribution in [0, 0.1) is 6.92 Å².